The lowest BCUT2D eigenvalue weighted by Gasteiger charge is -2.18. The van der Waals surface area contributed by atoms with Crippen LogP contribution in [0.1, 0.15) is 0 Å². The summed E-state index contributed by atoms with van der Waals surface area (Å²) in [7, 11) is 0. The molecule has 0 nitrogen and oxygen atoms in total. The van der Waals surface area contributed by atoms with Gasteiger partial charge in [-0.2, -0.15) is 0 Å². The molecular weight excluding hydrogens is 577 g/mol. The normalized spacial score (nSPS) is 11.3. The van der Waals surface area contributed by atoms with Gasteiger partial charge in [-0.05, 0) is 94.0 Å². The number of benzene rings is 9. The van der Waals surface area contributed by atoms with Crippen molar-refractivity contribution in [1.82, 2.24) is 0 Å². The molecule has 0 saturated carbocycles. The molecule has 9 rings (SSSR count). The summed E-state index contributed by atoms with van der Waals surface area (Å²) < 4.78 is 0. The molecule has 0 heterocycles. The van der Waals surface area contributed by atoms with Gasteiger partial charge in [0.2, 0.25) is 0 Å². The summed E-state index contributed by atoms with van der Waals surface area (Å²) in [6, 6.07) is 70.7. The molecule has 0 spiro atoms. The SMILES string of the molecule is c1ccc(-c2ccc(-c3cccc(-c4c5ccccc5c(-c5ccc(-c6cccc7ccccc67)cc5)c5ccccc45)c3)cc2)cc1. The highest BCUT2D eigenvalue weighted by Crippen LogP contribution is 2.44. The smallest absolute Gasteiger partial charge is 0.00262 e. The van der Waals surface area contributed by atoms with E-state index in [9.17, 15) is 0 Å². The minimum absolute atomic E-state index is 1.22. The van der Waals surface area contributed by atoms with Crippen LogP contribution >= 0.6 is 0 Å². The van der Waals surface area contributed by atoms with Crippen LogP contribution in [0.25, 0.3) is 88.0 Å². The zero-order valence-electron chi connectivity index (χ0n) is 26.5. The van der Waals surface area contributed by atoms with Gasteiger partial charge in [0.05, 0.1) is 0 Å². The molecule has 0 radical (unpaired) electrons. The second kappa shape index (κ2) is 11.8. The molecule has 48 heavy (non-hydrogen) atoms. The fourth-order valence-corrected chi connectivity index (χ4v) is 7.38. The highest BCUT2D eigenvalue weighted by atomic mass is 14.2. The lowest BCUT2D eigenvalue weighted by molar-refractivity contribution is 1.58. The first-order valence-corrected chi connectivity index (χ1v) is 16.6. The van der Waals surface area contributed by atoms with E-state index in [1.165, 1.54) is 88.0 Å². The van der Waals surface area contributed by atoms with Gasteiger partial charge < -0.3 is 0 Å². The first-order chi connectivity index (χ1) is 23.8. The zero-order chi connectivity index (χ0) is 31.9. The third-order valence-electron chi connectivity index (χ3n) is 9.68. The fraction of sp³-hybridized carbons (Fsp3) is 0. The molecule has 0 heteroatoms. The Bertz CT molecular complexity index is 2510. The number of fused-ring (bicyclic) bond motifs is 3. The molecule has 224 valence electrons. The average molecular weight is 609 g/mol. The molecule has 0 bridgehead atoms. The second-order valence-corrected chi connectivity index (χ2v) is 12.5. The van der Waals surface area contributed by atoms with Crippen LogP contribution in [0.2, 0.25) is 0 Å². The molecule has 0 fully saturated rings. The van der Waals surface area contributed by atoms with Crippen molar-refractivity contribution in [3.8, 4) is 55.6 Å². The zero-order valence-corrected chi connectivity index (χ0v) is 26.5. The molecule has 9 aromatic carbocycles. The van der Waals surface area contributed by atoms with E-state index in [0.29, 0.717) is 0 Å². The maximum atomic E-state index is 2.35. The Morgan fingerprint density at radius 3 is 1.25 bits per heavy atom. The lowest BCUT2D eigenvalue weighted by Crippen LogP contribution is -1.91. The summed E-state index contributed by atoms with van der Waals surface area (Å²) in [5.41, 5.74) is 12.4. The number of hydrogen-bond acceptors (Lipinski definition) is 0. The second-order valence-electron chi connectivity index (χ2n) is 12.5. The number of rotatable bonds is 5. The Balaban J connectivity index is 1.17. The Labute approximate surface area is 281 Å². The van der Waals surface area contributed by atoms with E-state index in [4.69, 9.17) is 0 Å². The molecule has 0 aromatic heterocycles. The largest absolute Gasteiger partial charge is 0.0622 e. The maximum absolute atomic E-state index is 2.35. The third-order valence-corrected chi connectivity index (χ3v) is 9.68. The van der Waals surface area contributed by atoms with E-state index >= 15 is 0 Å². The van der Waals surface area contributed by atoms with Crippen molar-refractivity contribution in [2.24, 2.45) is 0 Å². The van der Waals surface area contributed by atoms with Gasteiger partial charge in [0.15, 0.2) is 0 Å². The molecule has 0 unspecified atom stereocenters. The van der Waals surface area contributed by atoms with Crippen molar-refractivity contribution < 1.29 is 0 Å². The van der Waals surface area contributed by atoms with Crippen LogP contribution in [-0.4, -0.2) is 0 Å². The monoisotopic (exact) mass is 608 g/mol. The lowest BCUT2D eigenvalue weighted by atomic mass is 9.85. The first-order valence-electron chi connectivity index (χ1n) is 16.6. The quantitative estimate of drug-likeness (QED) is 0.171. The molecule has 0 N–H and O–H groups in total. The van der Waals surface area contributed by atoms with E-state index in [0.717, 1.165) is 0 Å². The first kappa shape index (κ1) is 28.0. The predicted octanol–water partition coefficient (Wildman–Crippen LogP) is 13.5. The summed E-state index contributed by atoms with van der Waals surface area (Å²) in [6.45, 7) is 0. The van der Waals surface area contributed by atoms with Crippen LogP contribution in [-0.2, 0) is 0 Å². The highest BCUT2D eigenvalue weighted by molar-refractivity contribution is 6.21. The molecule has 0 aliphatic heterocycles. The van der Waals surface area contributed by atoms with E-state index in [1.54, 1.807) is 0 Å². The van der Waals surface area contributed by atoms with Crippen molar-refractivity contribution in [3.63, 3.8) is 0 Å². The third kappa shape index (κ3) is 4.87. The predicted molar refractivity (Wildman–Crippen MR) is 206 cm³/mol. The van der Waals surface area contributed by atoms with Crippen LogP contribution in [0.3, 0.4) is 0 Å². The van der Waals surface area contributed by atoms with Crippen molar-refractivity contribution in [3.05, 3.63) is 194 Å². The summed E-state index contributed by atoms with van der Waals surface area (Å²) in [6.07, 6.45) is 0. The number of hydrogen-bond donors (Lipinski definition) is 0. The Hall–Kier alpha value is -6.24. The van der Waals surface area contributed by atoms with Crippen LogP contribution in [0.5, 0.6) is 0 Å². The Morgan fingerprint density at radius 1 is 0.208 bits per heavy atom. The minimum atomic E-state index is 1.22. The molecule has 0 aliphatic rings. The average Bonchev–Trinajstić information content (AvgIpc) is 3.17. The van der Waals surface area contributed by atoms with E-state index in [-0.39, 0.29) is 0 Å². The van der Waals surface area contributed by atoms with Crippen LogP contribution in [0, 0.1) is 0 Å². The van der Waals surface area contributed by atoms with Crippen molar-refractivity contribution >= 4 is 32.3 Å². The van der Waals surface area contributed by atoms with Gasteiger partial charge in [0.1, 0.15) is 0 Å². The standard InChI is InChI=1S/C48H32/c1-2-12-33(13-3-1)34-24-26-35(27-25-34)39-16-10-17-40(32-39)48-45-21-8-6-19-43(45)47(44-20-7-9-22-46(44)48)38-30-28-37(29-31-38)42-23-11-15-36-14-4-5-18-41(36)42/h1-32H. The van der Waals surface area contributed by atoms with Gasteiger partial charge in [-0.1, -0.05) is 188 Å². The topological polar surface area (TPSA) is 0 Å². The minimum Gasteiger partial charge on any atom is -0.0622 e. The van der Waals surface area contributed by atoms with Gasteiger partial charge in [-0.15, -0.1) is 0 Å². The Morgan fingerprint density at radius 2 is 0.604 bits per heavy atom. The van der Waals surface area contributed by atoms with Crippen LogP contribution in [0.4, 0.5) is 0 Å². The highest BCUT2D eigenvalue weighted by Gasteiger charge is 2.17. The van der Waals surface area contributed by atoms with Gasteiger partial charge >= 0.3 is 0 Å². The summed E-state index contributed by atoms with van der Waals surface area (Å²) in [4.78, 5) is 0. The van der Waals surface area contributed by atoms with E-state index < -0.39 is 0 Å². The van der Waals surface area contributed by atoms with E-state index in [1.807, 2.05) is 0 Å². The molecule has 0 atom stereocenters. The van der Waals surface area contributed by atoms with Gasteiger partial charge in [0.25, 0.3) is 0 Å². The van der Waals surface area contributed by atoms with Crippen molar-refractivity contribution in [1.29, 1.82) is 0 Å². The van der Waals surface area contributed by atoms with Crippen molar-refractivity contribution in [2.75, 3.05) is 0 Å². The molecule has 9 aromatic rings. The van der Waals surface area contributed by atoms with Crippen molar-refractivity contribution in [2.45, 2.75) is 0 Å². The summed E-state index contributed by atoms with van der Waals surface area (Å²) in [5.74, 6) is 0. The van der Waals surface area contributed by atoms with Gasteiger partial charge in [-0.25, -0.2) is 0 Å². The van der Waals surface area contributed by atoms with Crippen LogP contribution < -0.4 is 0 Å². The molecule has 0 aliphatic carbocycles. The molecule has 0 amide bonds. The fourth-order valence-electron chi connectivity index (χ4n) is 7.38. The van der Waals surface area contributed by atoms with Gasteiger partial charge in [-0.3, -0.25) is 0 Å². The molecular formula is C48H32. The van der Waals surface area contributed by atoms with Crippen LogP contribution in [0.15, 0.2) is 194 Å². The van der Waals surface area contributed by atoms with Gasteiger partial charge in [0, 0.05) is 0 Å². The summed E-state index contributed by atoms with van der Waals surface area (Å²) in [5, 5.41) is 7.60. The summed E-state index contributed by atoms with van der Waals surface area (Å²) >= 11 is 0. The molecule has 0 saturated heterocycles. The maximum Gasteiger partial charge on any atom is -0.00262 e. The Kier molecular flexibility index (Phi) is 6.91. The van der Waals surface area contributed by atoms with E-state index in [2.05, 4.69) is 194 Å².